The molecule has 35 heavy (non-hydrogen) atoms. The van der Waals surface area contributed by atoms with Gasteiger partial charge < -0.3 is 15.0 Å². The Labute approximate surface area is 206 Å². The molecule has 0 unspecified atom stereocenters. The fourth-order valence-electron chi connectivity index (χ4n) is 4.42. The van der Waals surface area contributed by atoms with E-state index in [2.05, 4.69) is 10.3 Å². The molecule has 4 rings (SSSR count). The fourth-order valence-corrected chi connectivity index (χ4v) is 4.42. The number of hydrogen-bond donors (Lipinski definition) is 1. The van der Waals surface area contributed by atoms with Crippen molar-refractivity contribution < 1.29 is 9.53 Å². The maximum absolute atomic E-state index is 13.6. The number of amides is 1. The van der Waals surface area contributed by atoms with E-state index in [0.29, 0.717) is 49.8 Å². The summed E-state index contributed by atoms with van der Waals surface area (Å²) in [6, 6.07) is 11.9. The van der Waals surface area contributed by atoms with Crippen LogP contribution in [0.1, 0.15) is 44.2 Å². The number of aromatic nitrogens is 3. The molecule has 0 bridgehead atoms. The van der Waals surface area contributed by atoms with Crippen molar-refractivity contribution in [1.82, 2.24) is 19.9 Å². The third-order valence-electron chi connectivity index (χ3n) is 6.31. The molecule has 0 radical (unpaired) electrons. The molecular weight excluding hydrogens is 442 g/mol. The van der Waals surface area contributed by atoms with Crippen LogP contribution >= 0.6 is 0 Å². The smallest absolute Gasteiger partial charge is 0.295 e. The van der Waals surface area contributed by atoms with Crippen LogP contribution in [0.25, 0.3) is 11.2 Å². The molecule has 1 aliphatic heterocycles. The van der Waals surface area contributed by atoms with Crippen LogP contribution in [0.4, 0.5) is 5.82 Å². The second-order valence-electron chi connectivity index (χ2n) is 9.51. The Hall–Kier alpha value is -3.26. The van der Waals surface area contributed by atoms with Crippen LogP contribution in [0.3, 0.4) is 0 Å². The predicted molar refractivity (Wildman–Crippen MR) is 138 cm³/mol. The monoisotopic (exact) mass is 477 g/mol. The van der Waals surface area contributed by atoms with Crippen molar-refractivity contribution in [1.29, 1.82) is 0 Å². The summed E-state index contributed by atoms with van der Waals surface area (Å²) in [5.41, 5.74) is 3.26. The van der Waals surface area contributed by atoms with E-state index in [1.165, 1.54) is 5.56 Å². The zero-order chi connectivity index (χ0) is 24.8. The molecule has 8 nitrogen and oxygen atoms in total. The fraction of sp³-hybridized carbons (Fsp3) is 0.481. The maximum atomic E-state index is 13.6. The van der Waals surface area contributed by atoms with E-state index in [0.717, 1.165) is 24.8 Å². The van der Waals surface area contributed by atoms with Crippen LogP contribution in [0.2, 0.25) is 0 Å². The van der Waals surface area contributed by atoms with Crippen LogP contribution < -0.4 is 15.8 Å². The molecule has 2 aromatic heterocycles. The summed E-state index contributed by atoms with van der Waals surface area (Å²) >= 11 is 0. The summed E-state index contributed by atoms with van der Waals surface area (Å²) in [6.07, 6.45) is 4.29. The van der Waals surface area contributed by atoms with Gasteiger partial charge in [0, 0.05) is 32.4 Å². The molecule has 1 atom stereocenters. The topological polar surface area (TPSA) is 89.4 Å². The first-order chi connectivity index (χ1) is 16.9. The molecule has 186 valence electrons. The summed E-state index contributed by atoms with van der Waals surface area (Å²) in [4.78, 5) is 37.6. The van der Waals surface area contributed by atoms with Gasteiger partial charge in [-0.3, -0.25) is 14.2 Å². The molecule has 1 N–H and O–H groups in total. The van der Waals surface area contributed by atoms with Gasteiger partial charge in [0.1, 0.15) is 5.52 Å². The third-order valence-corrected chi connectivity index (χ3v) is 6.31. The molecule has 1 aliphatic rings. The average Bonchev–Trinajstić information content (AvgIpc) is 2.86. The SMILES string of the molecule is Cc1ccc(Cn2c(=O)c(N3CCC[C@@H](C(=O)NCCCOC(C)C)C3)nc3cccnc32)cc1. The maximum Gasteiger partial charge on any atom is 0.295 e. The van der Waals surface area contributed by atoms with Crippen molar-refractivity contribution in [2.45, 2.75) is 52.7 Å². The zero-order valence-corrected chi connectivity index (χ0v) is 20.9. The van der Waals surface area contributed by atoms with Gasteiger partial charge in [0.15, 0.2) is 11.5 Å². The highest BCUT2D eigenvalue weighted by Crippen LogP contribution is 2.22. The van der Waals surface area contributed by atoms with Crippen LogP contribution in [-0.4, -0.2) is 52.8 Å². The Kier molecular flexibility index (Phi) is 8.13. The van der Waals surface area contributed by atoms with E-state index in [1.807, 2.05) is 62.1 Å². The Balaban J connectivity index is 1.53. The summed E-state index contributed by atoms with van der Waals surface area (Å²) in [6.45, 7) is 8.85. The van der Waals surface area contributed by atoms with Gasteiger partial charge >= 0.3 is 0 Å². The number of nitrogens with zero attached hydrogens (tertiary/aromatic N) is 4. The minimum Gasteiger partial charge on any atom is -0.379 e. The first-order valence-corrected chi connectivity index (χ1v) is 12.5. The van der Waals surface area contributed by atoms with Gasteiger partial charge in [0.2, 0.25) is 5.91 Å². The number of fused-ring (bicyclic) bond motifs is 1. The van der Waals surface area contributed by atoms with Gasteiger partial charge in [-0.2, -0.15) is 0 Å². The number of anilines is 1. The average molecular weight is 478 g/mol. The number of pyridine rings is 1. The van der Waals surface area contributed by atoms with Gasteiger partial charge in [-0.1, -0.05) is 29.8 Å². The molecule has 8 heteroatoms. The van der Waals surface area contributed by atoms with Crippen molar-refractivity contribution in [2.75, 3.05) is 31.1 Å². The molecule has 0 aliphatic carbocycles. The Morgan fingerprint density at radius 3 is 2.80 bits per heavy atom. The van der Waals surface area contributed by atoms with Crippen LogP contribution in [0.15, 0.2) is 47.4 Å². The van der Waals surface area contributed by atoms with Crippen molar-refractivity contribution in [3.05, 3.63) is 64.1 Å². The summed E-state index contributed by atoms with van der Waals surface area (Å²) in [7, 11) is 0. The molecule has 3 aromatic rings. The lowest BCUT2D eigenvalue weighted by Crippen LogP contribution is -2.46. The van der Waals surface area contributed by atoms with Gasteiger partial charge in [0.25, 0.3) is 5.56 Å². The molecule has 0 spiro atoms. The first kappa shape index (κ1) is 24.9. The molecule has 3 heterocycles. The number of hydrogen-bond acceptors (Lipinski definition) is 6. The van der Waals surface area contributed by atoms with E-state index in [9.17, 15) is 9.59 Å². The summed E-state index contributed by atoms with van der Waals surface area (Å²) in [5, 5.41) is 3.03. The van der Waals surface area contributed by atoms with Crippen LogP contribution in [0.5, 0.6) is 0 Å². The van der Waals surface area contributed by atoms with Crippen molar-refractivity contribution in [3.63, 3.8) is 0 Å². The lowest BCUT2D eigenvalue weighted by molar-refractivity contribution is -0.125. The molecule has 0 saturated carbocycles. The second-order valence-corrected chi connectivity index (χ2v) is 9.51. The number of rotatable bonds is 9. The number of piperidine rings is 1. The Morgan fingerprint density at radius 1 is 1.23 bits per heavy atom. The van der Waals surface area contributed by atoms with E-state index < -0.39 is 0 Å². The number of aryl methyl sites for hydroxylation is 1. The van der Waals surface area contributed by atoms with Crippen LogP contribution in [0, 0.1) is 12.8 Å². The van der Waals surface area contributed by atoms with E-state index >= 15 is 0 Å². The zero-order valence-electron chi connectivity index (χ0n) is 20.9. The molecule has 1 saturated heterocycles. The lowest BCUT2D eigenvalue weighted by Gasteiger charge is -2.32. The standard InChI is InChI=1S/C27H35N5O3/c1-19(2)35-16-6-14-29-26(33)22-7-5-15-31(18-22)25-27(34)32(17-21-11-9-20(3)10-12-21)24-23(30-25)8-4-13-28-24/h4,8-13,19,22H,5-7,14-18H2,1-3H3,(H,29,33)/t22-/m1/s1. The minimum atomic E-state index is -0.177. The largest absolute Gasteiger partial charge is 0.379 e. The normalized spacial score (nSPS) is 16.1. The summed E-state index contributed by atoms with van der Waals surface area (Å²) in [5.74, 6) is 0.244. The first-order valence-electron chi connectivity index (χ1n) is 12.5. The Bertz CT molecular complexity index is 1210. The van der Waals surface area contributed by atoms with Crippen LogP contribution in [-0.2, 0) is 16.1 Å². The molecule has 1 fully saturated rings. The number of carbonyl (C=O) groups excluding carboxylic acids is 1. The molecular formula is C27H35N5O3. The highest BCUT2D eigenvalue weighted by molar-refractivity contribution is 5.79. The van der Waals surface area contributed by atoms with Gasteiger partial charge in [0.05, 0.1) is 18.6 Å². The van der Waals surface area contributed by atoms with Gasteiger partial charge in [-0.15, -0.1) is 0 Å². The predicted octanol–water partition coefficient (Wildman–Crippen LogP) is 3.30. The molecule has 1 aromatic carbocycles. The van der Waals surface area contributed by atoms with Crippen molar-refractivity contribution in [3.8, 4) is 0 Å². The second kappa shape index (κ2) is 11.4. The number of nitrogens with one attached hydrogen (secondary N) is 1. The number of carbonyl (C=O) groups is 1. The number of ether oxygens (including phenoxy) is 1. The Morgan fingerprint density at radius 2 is 2.03 bits per heavy atom. The van der Waals surface area contributed by atoms with E-state index in [1.54, 1.807) is 10.8 Å². The van der Waals surface area contributed by atoms with E-state index in [4.69, 9.17) is 9.72 Å². The lowest BCUT2D eigenvalue weighted by atomic mass is 9.97. The minimum absolute atomic E-state index is 0.0293. The quantitative estimate of drug-likeness (QED) is 0.476. The van der Waals surface area contributed by atoms with E-state index in [-0.39, 0.29) is 23.5 Å². The van der Waals surface area contributed by atoms with Crippen molar-refractivity contribution in [2.24, 2.45) is 5.92 Å². The molecule has 1 amide bonds. The van der Waals surface area contributed by atoms with Gasteiger partial charge in [-0.25, -0.2) is 9.97 Å². The highest BCUT2D eigenvalue weighted by Gasteiger charge is 2.28. The third kappa shape index (κ3) is 6.25. The number of benzene rings is 1. The highest BCUT2D eigenvalue weighted by atomic mass is 16.5. The summed E-state index contributed by atoms with van der Waals surface area (Å²) < 4.78 is 7.24. The van der Waals surface area contributed by atoms with Gasteiger partial charge in [-0.05, 0) is 57.7 Å². The van der Waals surface area contributed by atoms with Crippen molar-refractivity contribution >= 4 is 22.9 Å².